The SMILES string of the molecule is CO[C@H]1CCN(C(=O)C(F)(F)F)C1. The van der Waals surface area contributed by atoms with E-state index in [1.807, 2.05) is 0 Å². The highest BCUT2D eigenvalue weighted by molar-refractivity contribution is 5.82. The zero-order valence-electron chi connectivity index (χ0n) is 7.10. The second-order valence-corrected chi connectivity index (χ2v) is 2.90. The van der Waals surface area contributed by atoms with Gasteiger partial charge in [-0.2, -0.15) is 13.2 Å². The summed E-state index contributed by atoms with van der Waals surface area (Å²) in [4.78, 5) is 11.4. The number of alkyl halides is 3. The summed E-state index contributed by atoms with van der Waals surface area (Å²) in [6.07, 6.45) is -4.55. The third-order valence-electron chi connectivity index (χ3n) is 2.01. The number of methoxy groups -OCH3 is 1. The van der Waals surface area contributed by atoms with Crippen molar-refractivity contribution in [3.05, 3.63) is 0 Å². The van der Waals surface area contributed by atoms with Gasteiger partial charge in [0, 0.05) is 20.2 Å². The van der Waals surface area contributed by atoms with Gasteiger partial charge in [0.05, 0.1) is 6.10 Å². The van der Waals surface area contributed by atoms with E-state index in [0.717, 1.165) is 4.90 Å². The first-order valence-electron chi connectivity index (χ1n) is 3.84. The van der Waals surface area contributed by atoms with Crippen molar-refractivity contribution in [2.45, 2.75) is 18.7 Å². The van der Waals surface area contributed by atoms with Crippen LogP contribution in [0.15, 0.2) is 0 Å². The summed E-state index contributed by atoms with van der Waals surface area (Å²) < 4.78 is 40.5. The Morgan fingerprint density at radius 2 is 2.15 bits per heavy atom. The van der Waals surface area contributed by atoms with Gasteiger partial charge in [0.15, 0.2) is 0 Å². The minimum atomic E-state index is -4.76. The Morgan fingerprint density at radius 1 is 1.54 bits per heavy atom. The minimum Gasteiger partial charge on any atom is -0.380 e. The van der Waals surface area contributed by atoms with Crippen molar-refractivity contribution in [1.29, 1.82) is 0 Å². The van der Waals surface area contributed by atoms with Gasteiger partial charge in [0.1, 0.15) is 0 Å². The van der Waals surface area contributed by atoms with Crippen molar-refractivity contribution in [2.75, 3.05) is 20.2 Å². The molecule has 0 radical (unpaired) electrons. The lowest BCUT2D eigenvalue weighted by atomic mass is 10.3. The summed E-state index contributed by atoms with van der Waals surface area (Å²) in [6.45, 7) is 0.158. The van der Waals surface area contributed by atoms with E-state index in [2.05, 4.69) is 0 Å². The van der Waals surface area contributed by atoms with Gasteiger partial charge in [-0.15, -0.1) is 0 Å². The fraction of sp³-hybridized carbons (Fsp3) is 0.857. The van der Waals surface area contributed by atoms with Crippen LogP contribution in [0.4, 0.5) is 13.2 Å². The number of rotatable bonds is 1. The first-order valence-corrected chi connectivity index (χ1v) is 3.84. The molecule has 0 aromatic carbocycles. The highest BCUT2D eigenvalue weighted by Crippen LogP contribution is 2.22. The molecule has 1 aliphatic rings. The third-order valence-corrected chi connectivity index (χ3v) is 2.01. The van der Waals surface area contributed by atoms with E-state index in [9.17, 15) is 18.0 Å². The molecule has 0 unspecified atom stereocenters. The number of carbonyl (C=O) groups excluding carboxylic acids is 1. The summed E-state index contributed by atoms with van der Waals surface area (Å²) >= 11 is 0. The van der Waals surface area contributed by atoms with E-state index >= 15 is 0 Å². The summed E-state index contributed by atoms with van der Waals surface area (Å²) in [5.74, 6) is -1.77. The van der Waals surface area contributed by atoms with Crippen LogP contribution >= 0.6 is 0 Å². The first-order chi connectivity index (χ1) is 5.95. The molecule has 1 saturated heterocycles. The maximum atomic E-state index is 11.9. The fourth-order valence-corrected chi connectivity index (χ4v) is 1.28. The Bertz CT molecular complexity index is 204. The molecule has 1 fully saturated rings. The third kappa shape index (κ3) is 2.33. The molecule has 76 valence electrons. The molecule has 3 nitrogen and oxygen atoms in total. The average molecular weight is 197 g/mol. The van der Waals surface area contributed by atoms with Crippen molar-refractivity contribution in [3.8, 4) is 0 Å². The number of halogens is 3. The molecular weight excluding hydrogens is 187 g/mol. The standard InChI is InChI=1S/C7H10F3NO2/c1-13-5-2-3-11(4-5)6(12)7(8,9)10/h5H,2-4H2,1H3/t5-/m0/s1. The van der Waals surface area contributed by atoms with Gasteiger partial charge in [0.2, 0.25) is 0 Å². The quantitative estimate of drug-likeness (QED) is 0.622. The second-order valence-electron chi connectivity index (χ2n) is 2.90. The van der Waals surface area contributed by atoms with E-state index in [4.69, 9.17) is 4.74 Å². The summed E-state index contributed by atoms with van der Waals surface area (Å²) in [5.41, 5.74) is 0. The Hall–Kier alpha value is -0.780. The molecule has 1 atom stereocenters. The van der Waals surface area contributed by atoms with Crippen LogP contribution in [0.3, 0.4) is 0 Å². The lowest BCUT2D eigenvalue weighted by molar-refractivity contribution is -0.184. The van der Waals surface area contributed by atoms with Crippen LogP contribution in [-0.2, 0) is 9.53 Å². The van der Waals surface area contributed by atoms with Gasteiger partial charge in [-0.25, -0.2) is 0 Å². The van der Waals surface area contributed by atoms with Crippen molar-refractivity contribution in [3.63, 3.8) is 0 Å². The number of carbonyl (C=O) groups is 1. The zero-order chi connectivity index (χ0) is 10.1. The van der Waals surface area contributed by atoms with Crippen LogP contribution in [0.5, 0.6) is 0 Å². The van der Waals surface area contributed by atoms with Crippen molar-refractivity contribution in [2.24, 2.45) is 0 Å². The van der Waals surface area contributed by atoms with Crippen LogP contribution in [-0.4, -0.2) is 43.3 Å². The molecule has 1 aliphatic heterocycles. The molecule has 0 N–H and O–H groups in total. The van der Waals surface area contributed by atoms with Gasteiger partial charge < -0.3 is 9.64 Å². The molecule has 0 aliphatic carbocycles. The van der Waals surface area contributed by atoms with Gasteiger partial charge in [-0.1, -0.05) is 0 Å². The van der Waals surface area contributed by atoms with Gasteiger partial charge in [-0.05, 0) is 6.42 Å². The molecular formula is C7H10F3NO2. The Morgan fingerprint density at radius 3 is 2.54 bits per heavy atom. The molecule has 13 heavy (non-hydrogen) atoms. The normalized spacial score (nSPS) is 23.7. The van der Waals surface area contributed by atoms with E-state index in [1.165, 1.54) is 7.11 Å². The molecule has 0 bridgehead atoms. The van der Waals surface area contributed by atoms with Crippen LogP contribution in [0.1, 0.15) is 6.42 Å². The van der Waals surface area contributed by atoms with E-state index in [0.29, 0.717) is 6.42 Å². The predicted octanol–water partition coefficient (Wildman–Crippen LogP) is 0.796. The number of amides is 1. The molecule has 0 aromatic rings. The first kappa shape index (κ1) is 10.3. The largest absolute Gasteiger partial charge is 0.471 e. The molecule has 1 rings (SSSR count). The highest BCUT2D eigenvalue weighted by Gasteiger charge is 2.44. The fourth-order valence-electron chi connectivity index (χ4n) is 1.28. The summed E-state index contributed by atoms with van der Waals surface area (Å²) in [5, 5.41) is 0. The van der Waals surface area contributed by atoms with Crippen LogP contribution < -0.4 is 0 Å². The minimum absolute atomic E-state index is 0.0366. The number of likely N-dealkylation sites (tertiary alicyclic amines) is 1. The number of nitrogens with zero attached hydrogens (tertiary/aromatic N) is 1. The van der Waals surface area contributed by atoms with Gasteiger partial charge in [0.25, 0.3) is 0 Å². The lowest BCUT2D eigenvalue weighted by Gasteiger charge is -2.17. The van der Waals surface area contributed by atoms with Crippen LogP contribution in [0, 0.1) is 0 Å². The molecule has 0 aromatic heterocycles. The Balaban J connectivity index is 2.52. The summed E-state index contributed by atoms with van der Waals surface area (Å²) in [7, 11) is 1.42. The van der Waals surface area contributed by atoms with Crippen molar-refractivity contribution in [1.82, 2.24) is 4.90 Å². The topological polar surface area (TPSA) is 29.5 Å². The van der Waals surface area contributed by atoms with Crippen LogP contribution in [0.25, 0.3) is 0 Å². The van der Waals surface area contributed by atoms with Crippen molar-refractivity contribution < 1.29 is 22.7 Å². The van der Waals surface area contributed by atoms with Gasteiger partial charge >= 0.3 is 12.1 Å². The molecule has 0 saturated carbocycles. The Kier molecular flexibility index (Phi) is 2.80. The van der Waals surface area contributed by atoms with E-state index < -0.39 is 12.1 Å². The maximum absolute atomic E-state index is 11.9. The molecule has 1 amide bonds. The average Bonchev–Trinajstić information content (AvgIpc) is 2.48. The molecule has 1 heterocycles. The number of hydrogen-bond acceptors (Lipinski definition) is 2. The van der Waals surface area contributed by atoms with E-state index in [1.54, 1.807) is 0 Å². The van der Waals surface area contributed by atoms with E-state index in [-0.39, 0.29) is 19.2 Å². The predicted molar refractivity (Wildman–Crippen MR) is 38.0 cm³/mol. The Labute approximate surface area is 73.5 Å². The second kappa shape index (κ2) is 3.53. The zero-order valence-corrected chi connectivity index (χ0v) is 7.10. The number of hydrogen-bond donors (Lipinski definition) is 0. The van der Waals surface area contributed by atoms with Crippen molar-refractivity contribution >= 4 is 5.91 Å². The molecule has 0 spiro atoms. The smallest absolute Gasteiger partial charge is 0.380 e. The highest BCUT2D eigenvalue weighted by atomic mass is 19.4. The molecule has 6 heteroatoms. The number of ether oxygens (including phenoxy) is 1. The van der Waals surface area contributed by atoms with Crippen LogP contribution in [0.2, 0.25) is 0 Å². The van der Waals surface area contributed by atoms with Gasteiger partial charge in [-0.3, -0.25) is 4.79 Å². The lowest BCUT2D eigenvalue weighted by Crippen LogP contribution is -2.40. The summed E-state index contributed by atoms with van der Waals surface area (Å²) in [6, 6.07) is 0. The maximum Gasteiger partial charge on any atom is 0.471 e. The monoisotopic (exact) mass is 197 g/mol.